The lowest BCUT2D eigenvalue weighted by Crippen LogP contribution is -2.41. The molecule has 2 heterocycles. The fourth-order valence-electron chi connectivity index (χ4n) is 4.26. The Labute approximate surface area is 158 Å². The first kappa shape index (κ1) is 17.7. The third-order valence-electron chi connectivity index (χ3n) is 5.62. The standard InChI is InChI=1S/C22H23FN2O2/c23-16-9-11-18-19(14-21(26)24-20(18)13-16)22(27)25-12-4-7-17(25)10-8-15-5-2-1-3-6-15/h1-3,5-6,9,11,13,17,19H,4,7-8,10,12,14H2,(H,24,26). The van der Waals surface area contributed by atoms with Crippen LogP contribution in [0.4, 0.5) is 10.1 Å². The summed E-state index contributed by atoms with van der Waals surface area (Å²) in [5.41, 5.74) is 2.41. The van der Waals surface area contributed by atoms with E-state index in [0.29, 0.717) is 5.69 Å². The topological polar surface area (TPSA) is 49.4 Å². The molecule has 2 aromatic rings. The van der Waals surface area contributed by atoms with E-state index < -0.39 is 11.7 Å². The van der Waals surface area contributed by atoms with Crippen LogP contribution in [0.2, 0.25) is 0 Å². The summed E-state index contributed by atoms with van der Waals surface area (Å²) < 4.78 is 13.5. The molecule has 0 aliphatic carbocycles. The average molecular weight is 366 g/mol. The van der Waals surface area contributed by atoms with Crippen molar-refractivity contribution in [1.29, 1.82) is 0 Å². The molecule has 27 heavy (non-hydrogen) atoms. The van der Waals surface area contributed by atoms with Gasteiger partial charge in [0.25, 0.3) is 0 Å². The molecule has 0 radical (unpaired) electrons. The van der Waals surface area contributed by atoms with Crippen molar-refractivity contribution in [3.05, 3.63) is 65.5 Å². The molecule has 1 N–H and O–H groups in total. The van der Waals surface area contributed by atoms with E-state index in [4.69, 9.17) is 0 Å². The molecular weight excluding hydrogens is 343 g/mol. The van der Waals surface area contributed by atoms with Crippen molar-refractivity contribution < 1.29 is 14.0 Å². The van der Waals surface area contributed by atoms with E-state index >= 15 is 0 Å². The van der Waals surface area contributed by atoms with Crippen LogP contribution < -0.4 is 5.32 Å². The number of aryl methyl sites for hydroxylation is 1. The van der Waals surface area contributed by atoms with Crippen LogP contribution in [0.25, 0.3) is 0 Å². The minimum absolute atomic E-state index is 0.00623. The molecule has 2 aliphatic heterocycles. The van der Waals surface area contributed by atoms with Crippen LogP contribution in [0.5, 0.6) is 0 Å². The van der Waals surface area contributed by atoms with Gasteiger partial charge in [-0.15, -0.1) is 0 Å². The Hall–Kier alpha value is -2.69. The van der Waals surface area contributed by atoms with Crippen molar-refractivity contribution in [2.45, 2.75) is 44.1 Å². The summed E-state index contributed by atoms with van der Waals surface area (Å²) in [5, 5.41) is 2.68. The maximum Gasteiger partial charge on any atom is 0.230 e. The number of hydrogen-bond acceptors (Lipinski definition) is 2. The monoisotopic (exact) mass is 366 g/mol. The summed E-state index contributed by atoms with van der Waals surface area (Å²) in [5.74, 6) is -1.17. The zero-order valence-electron chi connectivity index (χ0n) is 15.2. The number of nitrogens with one attached hydrogen (secondary N) is 1. The summed E-state index contributed by atoms with van der Waals surface area (Å²) in [6.07, 6.45) is 3.96. The lowest BCUT2D eigenvalue weighted by atomic mass is 9.89. The van der Waals surface area contributed by atoms with E-state index in [1.54, 1.807) is 6.07 Å². The Morgan fingerprint density at radius 2 is 2.00 bits per heavy atom. The van der Waals surface area contributed by atoms with Crippen molar-refractivity contribution in [1.82, 2.24) is 4.90 Å². The van der Waals surface area contributed by atoms with E-state index in [1.165, 1.54) is 17.7 Å². The van der Waals surface area contributed by atoms with Crippen molar-refractivity contribution in [2.75, 3.05) is 11.9 Å². The predicted molar refractivity (Wildman–Crippen MR) is 102 cm³/mol. The van der Waals surface area contributed by atoms with E-state index in [2.05, 4.69) is 17.4 Å². The zero-order valence-corrected chi connectivity index (χ0v) is 15.2. The largest absolute Gasteiger partial charge is 0.339 e. The van der Waals surface area contributed by atoms with Crippen molar-refractivity contribution in [3.8, 4) is 0 Å². The number of amides is 2. The zero-order chi connectivity index (χ0) is 18.8. The lowest BCUT2D eigenvalue weighted by Gasteiger charge is -2.32. The summed E-state index contributed by atoms with van der Waals surface area (Å²) in [7, 11) is 0. The molecule has 2 amide bonds. The maximum atomic E-state index is 13.5. The highest BCUT2D eigenvalue weighted by Gasteiger charge is 2.37. The smallest absolute Gasteiger partial charge is 0.230 e. The highest BCUT2D eigenvalue weighted by atomic mass is 19.1. The third kappa shape index (κ3) is 3.72. The number of carbonyl (C=O) groups is 2. The van der Waals surface area contributed by atoms with Gasteiger partial charge in [-0.05, 0) is 48.9 Å². The van der Waals surface area contributed by atoms with Gasteiger partial charge in [0.1, 0.15) is 5.82 Å². The molecule has 2 unspecified atom stereocenters. The molecular formula is C22H23FN2O2. The van der Waals surface area contributed by atoms with Crippen LogP contribution in [0.15, 0.2) is 48.5 Å². The van der Waals surface area contributed by atoms with E-state index in [0.717, 1.165) is 37.8 Å². The minimum atomic E-state index is -0.522. The molecule has 0 bridgehead atoms. The molecule has 140 valence electrons. The Balaban J connectivity index is 1.51. The van der Waals surface area contributed by atoms with Gasteiger partial charge in [0, 0.05) is 24.7 Å². The second-order valence-corrected chi connectivity index (χ2v) is 7.39. The highest BCUT2D eigenvalue weighted by Crippen LogP contribution is 2.36. The first-order valence-electron chi connectivity index (χ1n) is 9.55. The normalized spacial score (nSPS) is 21.7. The number of anilines is 1. The summed E-state index contributed by atoms with van der Waals surface area (Å²) in [6, 6.07) is 14.8. The SMILES string of the molecule is O=C1CC(C(=O)N2CCCC2CCc2ccccc2)c2ccc(F)cc2N1. The Bertz CT molecular complexity index is 853. The number of fused-ring (bicyclic) bond motifs is 1. The van der Waals surface area contributed by atoms with Crippen molar-refractivity contribution in [3.63, 3.8) is 0 Å². The Morgan fingerprint density at radius 1 is 1.19 bits per heavy atom. The van der Waals surface area contributed by atoms with Gasteiger partial charge in [0.15, 0.2) is 0 Å². The average Bonchev–Trinajstić information content (AvgIpc) is 3.14. The van der Waals surface area contributed by atoms with Gasteiger partial charge in [-0.3, -0.25) is 9.59 Å². The van der Waals surface area contributed by atoms with Crippen LogP contribution >= 0.6 is 0 Å². The van der Waals surface area contributed by atoms with Gasteiger partial charge in [-0.25, -0.2) is 4.39 Å². The molecule has 0 spiro atoms. The second-order valence-electron chi connectivity index (χ2n) is 7.39. The van der Waals surface area contributed by atoms with Crippen LogP contribution in [0.1, 0.15) is 42.7 Å². The molecule has 1 fully saturated rings. The molecule has 0 aromatic heterocycles. The minimum Gasteiger partial charge on any atom is -0.339 e. The van der Waals surface area contributed by atoms with Gasteiger partial charge in [-0.1, -0.05) is 36.4 Å². The van der Waals surface area contributed by atoms with Gasteiger partial charge >= 0.3 is 0 Å². The molecule has 4 rings (SSSR count). The first-order chi connectivity index (χ1) is 13.1. The fraction of sp³-hybridized carbons (Fsp3) is 0.364. The van der Waals surface area contributed by atoms with Gasteiger partial charge in [0.2, 0.25) is 11.8 Å². The molecule has 2 atom stereocenters. The van der Waals surface area contributed by atoms with Gasteiger partial charge < -0.3 is 10.2 Å². The highest BCUT2D eigenvalue weighted by molar-refractivity contribution is 6.01. The maximum absolute atomic E-state index is 13.5. The van der Waals surface area contributed by atoms with Gasteiger partial charge in [0.05, 0.1) is 5.92 Å². The molecule has 1 saturated heterocycles. The Kier molecular flexibility index (Phi) is 4.92. The lowest BCUT2D eigenvalue weighted by molar-refractivity contribution is -0.135. The number of nitrogens with zero attached hydrogens (tertiary/aromatic N) is 1. The van der Waals surface area contributed by atoms with Crippen LogP contribution in [0, 0.1) is 5.82 Å². The number of benzene rings is 2. The number of halogens is 1. The number of hydrogen-bond donors (Lipinski definition) is 1. The predicted octanol–water partition coefficient (Wildman–Crippen LogP) is 3.88. The van der Waals surface area contributed by atoms with E-state index in [-0.39, 0.29) is 24.3 Å². The van der Waals surface area contributed by atoms with Crippen molar-refractivity contribution >= 4 is 17.5 Å². The molecule has 4 nitrogen and oxygen atoms in total. The molecule has 2 aromatic carbocycles. The van der Waals surface area contributed by atoms with E-state index in [9.17, 15) is 14.0 Å². The second kappa shape index (κ2) is 7.51. The van der Waals surface area contributed by atoms with Crippen molar-refractivity contribution in [2.24, 2.45) is 0 Å². The number of carbonyl (C=O) groups excluding carboxylic acids is 2. The number of likely N-dealkylation sites (tertiary alicyclic amines) is 1. The quantitative estimate of drug-likeness (QED) is 0.893. The van der Waals surface area contributed by atoms with E-state index in [1.807, 2.05) is 23.1 Å². The van der Waals surface area contributed by atoms with Crippen LogP contribution in [-0.4, -0.2) is 29.3 Å². The van der Waals surface area contributed by atoms with Gasteiger partial charge in [-0.2, -0.15) is 0 Å². The summed E-state index contributed by atoms with van der Waals surface area (Å²) in [6.45, 7) is 0.729. The van der Waals surface area contributed by atoms with Crippen LogP contribution in [0.3, 0.4) is 0 Å². The first-order valence-corrected chi connectivity index (χ1v) is 9.55. The summed E-state index contributed by atoms with van der Waals surface area (Å²) >= 11 is 0. The van der Waals surface area contributed by atoms with Crippen LogP contribution in [-0.2, 0) is 16.0 Å². The number of rotatable bonds is 4. The fourth-order valence-corrected chi connectivity index (χ4v) is 4.26. The molecule has 0 saturated carbocycles. The Morgan fingerprint density at radius 3 is 2.81 bits per heavy atom. The molecule has 2 aliphatic rings. The molecule has 5 heteroatoms. The summed E-state index contributed by atoms with van der Waals surface area (Å²) in [4.78, 5) is 27.3. The third-order valence-corrected chi connectivity index (χ3v) is 5.62.